The molecule has 1 saturated heterocycles. The summed E-state index contributed by atoms with van der Waals surface area (Å²) in [5.74, 6) is -2.23. The Bertz CT molecular complexity index is 1120. The van der Waals surface area contributed by atoms with Crippen LogP contribution in [0.15, 0.2) is 0 Å². The van der Waals surface area contributed by atoms with E-state index in [-0.39, 0.29) is 40.5 Å². The zero-order valence-corrected chi connectivity index (χ0v) is 27.9. The highest BCUT2D eigenvalue weighted by molar-refractivity contribution is 6.37. The monoisotopic (exact) mass is 616 g/mol. The van der Waals surface area contributed by atoms with Gasteiger partial charge in [0.2, 0.25) is 17.6 Å². The molecule has 1 unspecified atom stereocenters. The van der Waals surface area contributed by atoms with Crippen molar-refractivity contribution in [3.8, 4) is 0 Å². The maximum absolute atomic E-state index is 14.6. The van der Waals surface area contributed by atoms with Gasteiger partial charge in [0.05, 0.1) is 6.04 Å². The first-order valence-electron chi connectivity index (χ1n) is 16.7. The average Bonchev–Trinajstić information content (AvgIpc) is 3.24. The molecule has 6 N–H and O–H groups in total. The molecule has 4 fully saturated rings. The number of rotatable bonds is 12. The van der Waals surface area contributed by atoms with E-state index in [1.54, 1.807) is 4.90 Å². The molecular weight excluding hydrogens is 560 g/mol. The van der Waals surface area contributed by atoms with Gasteiger partial charge in [0.15, 0.2) is 0 Å². The highest BCUT2D eigenvalue weighted by Gasteiger charge is 2.70. The molecule has 3 saturated carbocycles. The summed E-state index contributed by atoms with van der Waals surface area (Å²) in [6.07, 6.45) is 7.93. The first-order chi connectivity index (χ1) is 20.5. The van der Waals surface area contributed by atoms with E-state index < -0.39 is 47.2 Å². The quantitative estimate of drug-likeness (QED) is 0.212. The van der Waals surface area contributed by atoms with Crippen molar-refractivity contribution < 1.29 is 24.0 Å². The van der Waals surface area contributed by atoms with E-state index >= 15 is 0 Å². The summed E-state index contributed by atoms with van der Waals surface area (Å²) < 4.78 is 0. The molecule has 6 atom stereocenters. The molecule has 0 bridgehead atoms. The Balaban J connectivity index is 1.59. The Kier molecular flexibility index (Phi) is 10.1. The van der Waals surface area contributed by atoms with Gasteiger partial charge in [0.1, 0.15) is 12.1 Å². The van der Waals surface area contributed by atoms with Crippen molar-refractivity contribution in [3.63, 3.8) is 0 Å². The number of ketones is 1. The number of carbonyl (C=O) groups is 5. The van der Waals surface area contributed by atoms with E-state index in [0.29, 0.717) is 19.5 Å². The lowest BCUT2D eigenvalue weighted by atomic mass is 9.70. The number of urea groups is 1. The van der Waals surface area contributed by atoms with Gasteiger partial charge in [-0.05, 0) is 60.3 Å². The summed E-state index contributed by atoms with van der Waals surface area (Å²) in [5.41, 5.74) is 4.55. The SMILES string of the molecule is CNC[C@@H](NC(=O)N[C@H](C(=O)N1C[C@H]2[C@@H]([C@H]1C(=O)NC(CC1CCC1)C(=O)C(N)=O)C2(C)C)C1(C)CCCCC1)C(C)(C)C. The molecule has 4 aliphatic rings. The minimum absolute atomic E-state index is 0.0750. The Labute approximate surface area is 263 Å². The van der Waals surface area contributed by atoms with Crippen LogP contribution in [0, 0.1) is 34.0 Å². The van der Waals surface area contributed by atoms with Crippen LogP contribution >= 0.6 is 0 Å². The summed E-state index contributed by atoms with van der Waals surface area (Å²) in [4.78, 5) is 68.4. The number of likely N-dealkylation sites (N-methyl/N-ethyl adjacent to an activating group) is 1. The van der Waals surface area contributed by atoms with Crippen molar-refractivity contribution in [1.82, 2.24) is 26.2 Å². The zero-order chi connectivity index (χ0) is 32.6. The second-order valence-electron chi connectivity index (χ2n) is 16.0. The molecule has 248 valence electrons. The highest BCUT2D eigenvalue weighted by atomic mass is 16.2. The van der Waals surface area contributed by atoms with Crippen LogP contribution in [0.3, 0.4) is 0 Å². The van der Waals surface area contributed by atoms with E-state index in [0.717, 1.165) is 51.4 Å². The number of primary amides is 1. The fraction of sp³-hybridized carbons (Fsp3) is 0.848. The molecule has 11 heteroatoms. The Morgan fingerprint density at radius 3 is 2.09 bits per heavy atom. The fourth-order valence-electron chi connectivity index (χ4n) is 7.99. The van der Waals surface area contributed by atoms with Crippen molar-refractivity contribution in [3.05, 3.63) is 0 Å². The van der Waals surface area contributed by atoms with Crippen LogP contribution in [-0.4, -0.2) is 78.7 Å². The van der Waals surface area contributed by atoms with Crippen molar-refractivity contribution >= 4 is 29.5 Å². The fourth-order valence-corrected chi connectivity index (χ4v) is 7.99. The Hall–Kier alpha value is -2.69. The van der Waals surface area contributed by atoms with E-state index in [4.69, 9.17) is 5.73 Å². The van der Waals surface area contributed by atoms with E-state index in [9.17, 15) is 24.0 Å². The smallest absolute Gasteiger partial charge is 0.315 e. The highest BCUT2D eigenvalue weighted by Crippen LogP contribution is 2.65. The number of nitrogens with two attached hydrogens (primary N) is 1. The van der Waals surface area contributed by atoms with Crippen LogP contribution in [0.4, 0.5) is 4.79 Å². The number of likely N-dealkylation sites (tertiary alicyclic amines) is 1. The first kappa shape index (κ1) is 34.2. The number of amides is 5. The molecule has 0 aromatic carbocycles. The van der Waals surface area contributed by atoms with Gasteiger partial charge in [-0.3, -0.25) is 19.2 Å². The predicted octanol–water partition coefficient (Wildman–Crippen LogP) is 2.47. The third kappa shape index (κ3) is 7.07. The van der Waals surface area contributed by atoms with Crippen molar-refractivity contribution in [2.75, 3.05) is 20.1 Å². The van der Waals surface area contributed by atoms with Crippen LogP contribution in [0.5, 0.6) is 0 Å². The van der Waals surface area contributed by atoms with Crippen molar-refractivity contribution in [1.29, 1.82) is 0 Å². The van der Waals surface area contributed by atoms with E-state index in [1.807, 2.05) is 7.05 Å². The lowest BCUT2D eigenvalue weighted by Gasteiger charge is -2.43. The second kappa shape index (κ2) is 13.0. The summed E-state index contributed by atoms with van der Waals surface area (Å²) >= 11 is 0. The molecule has 3 aliphatic carbocycles. The van der Waals surface area contributed by atoms with Gasteiger partial charge in [-0.15, -0.1) is 0 Å². The number of nitrogens with zero attached hydrogens (tertiary/aromatic N) is 1. The third-order valence-electron chi connectivity index (χ3n) is 11.4. The van der Waals surface area contributed by atoms with Gasteiger partial charge in [-0.25, -0.2) is 4.79 Å². The van der Waals surface area contributed by atoms with Crippen LogP contribution in [0.25, 0.3) is 0 Å². The second-order valence-corrected chi connectivity index (χ2v) is 16.0. The average molecular weight is 617 g/mol. The van der Waals surface area contributed by atoms with Crippen LogP contribution in [0.2, 0.25) is 0 Å². The Morgan fingerprint density at radius 1 is 0.932 bits per heavy atom. The van der Waals surface area contributed by atoms with Crippen molar-refractivity contribution in [2.45, 2.75) is 123 Å². The minimum Gasteiger partial charge on any atom is -0.363 e. The Morgan fingerprint density at radius 2 is 1.57 bits per heavy atom. The number of nitrogens with one attached hydrogen (secondary N) is 4. The number of hydrogen-bond acceptors (Lipinski definition) is 6. The predicted molar refractivity (Wildman–Crippen MR) is 168 cm³/mol. The summed E-state index contributed by atoms with van der Waals surface area (Å²) in [6.45, 7) is 13.4. The topological polar surface area (TPSA) is 163 Å². The number of carbonyl (C=O) groups excluding carboxylic acids is 5. The molecule has 4 rings (SSSR count). The molecule has 1 aliphatic heterocycles. The van der Waals surface area contributed by atoms with Crippen LogP contribution < -0.4 is 27.0 Å². The van der Waals surface area contributed by atoms with E-state index in [1.165, 1.54) is 0 Å². The molecule has 0 spiro atoms. The molecule has 0 aromatic rings. The van der Waals surface area contributed by atoms with Gasteiger partial charge in [0, 0.05) is 19.1 Å². The minimum atomic E-state index is -1.06. The molecule has 0 radical (unpaired) electrons. The van der Waals surface area contributed by atoms with E-state index in [2.05, 4.69) is 62.8 Å². The van der Waals surface area contributed by atoms with Gasteiger partial charge in [-0.2, -0.15) is 0 Å². The molecule has 44 heavy (non-hydrogen) atoms. The first-order valence-corrected chi connectivity index (χ1v) is 16.7. The van der Waals surface area contributed by atoms with Crippen LogP contribution in [0.1, 0.15) is 99.3 Å². The largest absolute Gasteiger partial charge is 0.363 e. The van der Waals surface area contributed by atoms with Gasteiger partial charge in [0.25, 0.3) is 5.91 Å². The van der Waals surface area contributed by atoms with Gasteiger partial charge < -0.3 is 31.9 Å². The maximum atomic E-state index is 14.6. The molecular formula is C33H56N6O5. The molecule has 5 amide bonds. The van der Waals surface area contributed by atoms with Gasteiger partial charge >= 0.3 is 6.03 Å². The van der Waals surface area contributed by atoms with Crippen molar-refractivity contribution in [2.24, 2.45) is 39.7 Å². The summed E-state index contributed by atoms with van der Waals surface area (Å²) in [6, 6.07) is -3.18. The summed E-state index contributed by atoms with van der Waals surface area (Å²) in [7, 11) is 1.84. The lowest BCUT2D eigenvalue weighted by Crippen LogP contribution is -2.63. The third-order valence-corrected chi connectivity index (χ3v) is 11.4. The zero-order valence-electron chi connectivity index (χ0n) is 27.9. The standard InChI is InChI=1S/C33H56N6O5/c1-31(2,3)22(17-35-7)37-30(44)38-26(33(6)14-9-8-10-15-33)29(43)39-18-20-23(32(20,4)5)24(39)28(42)36-21(25(40)27(34)41)16-19-12-11-13-19/h19-24,26,35H,8-18H2,1-7H3,(H2,34,41)(H,36,42)(H2,37,38,44)/t20-,21?,22+,23-,24-,26+/m0/s1. The molecule has 0 aromatic heterocycles. The lowest BCUT2D eigenvalue weighted by molar-refractivity contribution is -0.146. The molecule has 11 nitrogen and oxygen atoms in total. The normalized spacial score (nSPS) is 27.6. The van der Waals surface area contributed by atoms with Crippen LogP contribution in [-0.2, 0) is 19.2 Å². The maximum Gasteiger partial charge on any atom is 0.315 e. The molecule has 1 heterocycles. The number of Topliss-reactive ketones (excluding diaryl/α,β-unsaturated/α-hetero) is 1. The number of piperidine rings is 1. The number of hydrogen-bond donors (Lipinski definition) is 5. The van der Waals surface area contributed by atoms with Gasteiger partial charge in [-0.1, -0.05) is 80.1 Å². The number of fused-ring (bicyclic) bond motifs is 1. The summed E-state index contributed by atoms with van der Waals surface area (Å²) in [5, 5.41) is 12.2.